The highest BCUT2D eigenvalue weighted by molar-refractivity contribution is 14.1. The zero-order valence-corrected chi connectivity index (χ0v) is 7.18. The number of unbranched alkanes of at least 4 members (excludes halogenated alkanes) is 1. The molecule has 0 aromatic heterocycles. The van der Waals surface area contributed by atoms with Gasteiger partial charge < -0.3 is 4.74 Å². The molecule has 0 aromatic carbocycles. The number of amides is 1. The Bertz CT molecular complexity index is 87.0. The standard InChI is InChI=1S/C5H9INO2/c6-3-1-2-4-9-5(7)8/h7H,1-4H2. The Morgan fingerprint density at radius 2 is 2.22 bits per heavy atom. The number of hydrogen-bond donors (Lipinski definition) is 0. The van der Waals surface area contributed by atoms with E-state index in [9.17, 15) is 4.79 Å². The summed E-state index contributed by atoms with van der Waals surface area (Å²) < 4.78 is 5.45. The van der Waals surface area contributed by atoms with Crippen LogP contribution in [-0.2, 0) is 4.74 Å². The third-order valence-electron chi connectivity index (χ3n) is 0.761. The SMILES string of the molecule is [NH]C(=O)OCCCCI. The summed E-state index contributed by atoms with van der Waals surface area (Å²) in [5.74, 6) is 0. The predicted octanol–water partition coefficient (Wildman–Crippen LogP) is 1.62. The molecule has 0 saturated carbocycles. The molecule has 0 unspecified atom stereocenters. The quantitative estimate of drug-likeness (QED) is 0.427. The first-order chi connectivity index (χ1) is 4.27. The molecule has 53 valence electrons. The van der Waals surface area contributed by atoms with Crippen LogP contribution in [0.5, 0.6) is 0 Å². The number of alkyl halides is 1. The summed E-state index contributed by atoms with van der Waals surface area (Å²) >= 11 is 2.26. The van der Waals surface area contributed by atoms with Crippen molar-refractivity contribution in [1.82, 2.24) is 5.73 Å². The van der Waals surface area contributed by atoms with Crippen molar-refractivity contribution in [1.29, 1.82) is 0 Å². The van der Waals surface area contributed by atoms with E-state index in [0.717, 1.165) is 17.3 Å². The van der Waals surface area contributed by atoms with Crippen LogP contribution in [0.2, 0.25) is 0 Å². The summed E-state index contributed by atoms with van der Waals surface area (Å²) in [6.07, 6.45) is 0.991. The molecule has 0 aliphatic carbocycles. The van der Waals surface area contributed by atoms with Crippen molar-refractivity contribution in [3.05, 3.63) is 0 Å². The number of ether oxygens (including phenoxy) is 1. The lowest BCUT2D eigenvalue weighted by Crippen LogP contribution is -2.03. The van der Waals surface area contributed by atoms with Gasteiger partial charge in [0.25, 0.3) is 0 Å². The molecule has 0 saturated heterocycles. The summed E-state index contributed by atoms with van der Waals surface area (Å²) in [4.78, 5) is 9.85. The molecule has 0 aliphatic heterocycles. The van der Waals surface area contributed by atoms with Crippen LogP contribution in [0.15, 0.2) is 0 Å². The molecule has 1 amide bonds. The maximum absolute atomic E-state index is 9.85. The highest BCUT2D eigenvalue weighted by Gasteiger charge is 1.91. The molecular weight excluding hydrogens is 233 g/mol. The molecule has 4 heteroatoms. The molecule has 0 aliphatic rings. The van der Waals surface area contributed by atoms with Crippen LogP contribution in [0.4, 0.5) is 4.79 Å². The summed E-state index contributed by atoms with van der Waals surface area (Å²) in [7, 11) is 0. The van der Waals surface area contributed by atoms with Gasteiger partial charge in [0.05, 0.1) is 6.61 Å². The third-order valence-corrected chi connectivity index (χ3v) is 1.52. The number of hydrogen-bond acceptors (Lipinski definition) is 2. The van der Waals surface area contributed by atoms with Gasteiger partial charge in [-0.1, -0.05) is 22.6 Å². The molecule has 0 aromatic rings. The van der Waals surface area contributed by atoms with Gasteiger partial charge in [-0.3, -0.25) is 0 Å². The lowest BCUT2D eigenvalue weighted by Gasteiger charge is -1.96. The molecule has 0 atom stereocenters. The number of rotatable bonds is 4. The Kier molecular flexibility index (Phi) is 6.12. The van der Waals surface area contributed by atoms with Gasteiger partial charge >= 0.3 is 6.09 Å². The first kappa shape index (κ1) is 9.00. The second kappa shape index (κ2) is 6.12. The molecule has 0 heterocycles. The van der Waals surface area contributed by atoms with Gasteiger partial charge in [0.15, 0.2) is 0 Å². The van der Waals surface area contributed by atoms with E-state index in [1.807, 2.05) is 0 Å². The summed E-state index contributed by atoms with van der Waals surface area (Å²) in [5.41, 5.74) is 6.35. The van der Waals surface area contributed by atoms with E-state index in [1.54, 1.807) is 0 Å². The van der Waals surface area contributed by atoms with E-state index in [-0.39, 0.29) is 0 Å². The average Bonchev–Trinajstić information content (AvgIpc) is 1.80. The Morgan fingerprint density at radius 3 is 2.67 bits per heavy atom. The second-order valence-corrected chi connectivity index (χ2v) is 2.61. The van der Waals surface area contributed by atoms with Gasteiger partial charge in [-0.05, 0) is 17.3 Å². The molecule has 3 nitrogen and oxygen atoms in total. The topological polar surface area (TPSA) is 50.1 Å². The molecule has 0 rings (SSSR count). The number of halogens is 1. The minimum Gasteiger partial charge on any atom is -0.448 e. The number of nitrogens with one attached hydrogen (secondary N) is 1. The maximum Gasteiger partial charge on any atom is 0.426 e. The van der Waals surface area contributed by atoms with Gasteiger partial charge in [0.1, 0.15) is 0 Å². The van der Waals surface area contributed by atoms with Crippen LogP contribution in [0.25, 0.3) is 0 Å². The van der Waals surface area contributed by atoms with E-state index in [4.69, 9.17) is 5.73 Å². The van der Waals surface area contributed by atoms with Crippen LogP contribution in [0.1, 0.15) is 12.8 Å². The fourth-order valence-electron chi connectivity index (χ4n) is 0.361. The van der Waals surface area contributed by atoms with Crippen molar-refractivity contribution in [2.45, 2.75) is 12.8 Å². The summed E-state index contributed by atoms with van der Waals surface area (Å²) in [6.45, 7) is 0.394. The molecule has 0 bridgehead atoms. The van der Waals surface area contributed by atoms with Crippen molar-refractivity contribution in [2.24, 2.45) is 0 Å². The predicted molar refractivity (Wildman–Crippen MR) is 42.6 cm³/mol. The highest BCUT2D eigenvalue weighted by Crippen LogP contribution is 1.94. The van der Waals surface area contributed by atoms with Gasteiger partial charge in [-0.25, -0.2) is 10.5 Å². The van der Waals surface area contributed by atoms with Crippen molar-refractivity contribution < 1.29 is 9.53 Å². The highest BCUT2D eigenvalue weighted by atomic mass is 127. The smallest absolute Gasteiger partial charge is 0.426 e. The zero-order chi connectivity index (χ0) is 7.11. The fourth-order valence-corrected chi connectivity index (χ4v) is 0.901. The van der Waals surface area contributed by atoms with Crippen LogP contribution >= 0.6 is 22.6 Å². The first-order valence-electron chi connectivity index (χ1n) is 2.71. The van der Waals surface area contributed by atoms with E-state index in [0.29, 0.717) is 6.61 Å². The van der Waals surface area contributed by atoms with Crippen LogP contribution in [0.3, 0.4) is 0 Å². The minimum absolute atomic E-state index is 0.394. The van der Waals surface area contributed by atoms with Gasteiger partial charge in [0, 0.05) is 0 Å². The van der Waals surface area contributed by atoms with E-state index in [1.165, 1.54) is 0 Å². The molecule has 0 spiro atoms. The van der Waals surface area contributed by atoms with Crippen LogP contribution < -0.4 is 5.73 Å². The zero-order valence-electron chi connectivity index (χ0n) is 5.02. The van der Waals surface area contributed by atoms with E-state index >= 15 is 0 Å². The van der Waals surface area contributed by atoms with Crippen molar-refractivity contribution in [2.75, 3.05) is 11.0 Å². The second-order valence-electron chi connectivity index (χ2n) is 1.53. The van der Waals surface area contributed by atoms with E-state index in [2.05, 4.69) is 27.3 Å². The van der Waals surface area contributed by atoms with E-state index < -0.39 is 6.09 Å². The minimum atomic E-state index is -0.927. The number of carbonyl (C=O) groups excluding carboxylic acids is 1. The molecule has 0 fully saturated rings. The molecule has 9 heavy (non-hydrogen) atoms. The van der Waals surface area contributed by atoms with Crippen molar-refractivity contribution in [3.63, 3.8) is 0 Å². The van der Waals surface area contributed by atoms with Gasteiger partial charge in [0.2, 0.25) is 0 Å². The number of carbonyl (C=O) groups is 1. The fraction of sp³-hybridized carbons (Fsp3) is 0.800. The van der Waals surface area contributed by atoms with Crippen LogP contribution in [-0.4, -0.2) is 17.1 Å². The lowest BCUT2D eigenvalue weighted by molar-refractivity contribution is 0.153. The van der Waals surface area contributed by atoms with Crippen molar-refractivity contribution in [3.8, 4) is 0 Å². The Balaban J connectivity index is 2.83. The largest absolute Gasteiger partial charge is 0.448 e. The Labute approximate surface area is 68.1 Å². The Morgan fingerprint density at radius 1 is 1.56 bits per heavy atom. The average molecular weight is 242 g/mol. The van der Waals surface area contributed by atoms with Crippen molar-refractivity contribution >= 4 is 28.7 Å². The molecule has 1 N–H and O–H groups in total. The van der Waals surface area contributed by atoms with Crippen LogP contribution in [0, 0.1) is 0 Å². The van der Waals surface area contributed by atoms with Gasteiger partial charge in [-0.15, -0.1) is 0 Å². The lowest BCUT2D eigenvalue weighted by atomic mass is 10.4. The maximum atomic E-state index is 9.85. The first-order valence-corrected chi connectivity index (χ1v) is 4.24. The molecular formula is C5H9INO2. The summed E-state index contributed by atoms with van der Waals surface area (Å²) in [6, 6.07) is 0. The normalized spacial score (nSPS) is 9.00. The Hall–Kier alpha value is 0. The molecule has 1 radical (unpaired) electrons. The monoisotopic (exact) mass is 242 g/mol. The summed E-state index contributed by atoms with van der Waals surface area (Å²) in [5, 5.41) is 0. The third kappa shape index (κ3) is 8.00. The van der Waals surface area contributed by atoms with Gasteiger partial charge in [-0.2, -0.15) is 0 Å².